The zero-order valence-electron chi connectivity index (χ0n) is 19.0. The number of fused-ring (bicyclic) bond motifs is 3. The van der Waals surface area contributed by atoms with Crippen LogP contribution in [0.3, 0.4) is 0 Å². The van der Waals surface area contributed by atoms with Crippen molar-refractivity contribution in [3.05, 3.63) is 92.7 Å². The summed E-state index contributed by atoms with van der Waals surface area (Å²) in [5, 5.41) is 0. The van der Waals surface area contributed by atoms with Crippen LogP contribution >= 0.6 is 11.3 Å². The van der Waals surface area contributed by atoms with Crippen molar-refractivity contribution in [2.24, 2.45) is 0 Å². The maximum absolute atomic E-state index is 13.0. The van der Waals surface area contributed by atoms with Crippen molar-refractivity contribution >= 4 is 33.4 Å². The summed E-state index contributed by atoms with van der Waals surface area (Å²) in [4.78, 5) is 18.2. The third-order valence-corrected chi connectivity index (χ3v) is 6.50. The molecule has 0 radical (unpaired) electrons. The molecule has 0 saturated heterocycles. The fraction of sp³-hybridized carbons (Fsp3) is 0.185. The summed E-state index contributed by atoms with van der Waals surface area (Å²) in [5.41, 5.74) is 3.56. The van der Waals surface area contributed by atoms with Gasteiger partial charge in [-0.3, -0.25) is 4.79 Å². The van der Waals surface area contributed by atoms with E-state index in [1.165, 1.54) is 11.3 Å². The van der Waals surface area contributed by atoms with Gasteiger partial charge in [-0.25, -0.2) is 9.38 Å². The second kappa shape index (κ2) is 9.57. The normalized spacial score (nSPS) is 11.9. The maximum Gasteiger partial charge on any atom is 0.274 e. The van der Waals surface area contributed by atoms with Crippen LogP contribution in [0.25, 0.3) is 22.1 Å². The number of thiazole rings is 1. The Morgan fingerprint density at radius 2 is 1.71 bits per heavy atom. The molecule has 0 atom stereocenters. The van der Waals surface area contributed by atoms with Crippen molar-refractivity contribution in [2.75, 3.05) is 20.3 Å². The smallest absolute Gasteiger partial charge is 0.274 e. The summed E-state index contributed by atoms with van der Waals surface area (Å²) in [6, 6.07) is 21.3. The predicted octanol–water partition coefficient (Wildman–Crippen LogP) is 4.62. The van der Waals surface area contributed by atoms with E-state index >= 15 is 0 Å². The van der Waals surface area contributed by atoms with Gasteiger partial charge in [-0.1, -0.05) is 47.7 Å². The quantitative estimate of drug-likeness (QED) is 0.308. The highest BCUT2D eigenvalue weighted by Crippen LogP contribution is 2.28. The first-order chi connectivity index (χ1) is 16.6. The van der Waals surface area contributed by atoms with E-state index in [1.54, 1.807) is 11.5 Å². The highest BCUT2D eigenvalue weighted by atomic mass is 32.1. The molecule has 0 spiro atoms. The van der Waals surface area contributed by atoms with Crippen LogP contribution in [0, 0.1) is 6.92 Å². The Balaban J connectivity index is 1.29. The summed E-state index contributed by atoms with van der Waals surface area (Å²) in [5.74, 6) is 2.17. The largest absolute Gasteiger partial charge is 0.493 e. The van der Waals surface area contributed by atoms with Gasteiger partial charge in [0.1, 0.15) is 5.75 Å². The average molecular weight is 473 g/mol. The number of ether oxygens (including phenoxy) is 3. The van der Waals surface area contributed by atoms with Crippen LogP contribution in [0.4, 0.5) is 0 Å². The number of benzene rings is 3. The third-order valence-electron chi connectivity index (χ3n) is 5.53. The molecular formula is C27H24N2O4S. The fourth-order valence-electron chi connectivity index (χ4n) is 3.80. The van der Waals surface area contributed by atoms with Gasteiger partial charge in [-0.2, -0.15) is 0 Å². The lowest BCUT2D eigenvalue weighted by atomic mass is 10.2. The van der Waals surface area contributed by atoms with Gasteiger partial charge < -0.3 is 14.2 Å². The Hall–Kier alpha value is -3.84. The molecule has 0 aliphatic rings. The monoisotopic (exact) mass is 472 g/mol. The topological polar surface area (TPSA) is 62.1 Å². The first-order valence-corrected chi connectivity index (χ1v) is 11.9. The molecule has 0 saturated carbocycles. The molecule has 0 fully saturated rings. The van der Waals surface area contributed by atoms with Crippen LogP contribution in [-0.2, 0) is 0 Å². The molecule has 0 bridgehead atoms. The van der Waals surface area contributed by atoms with E-state index in [4.69, 9.17) is 14.2 Å². The van der Waals surface area contributed by atoms with Gasteiger partial charge in [0.25, 0.3) is 5.56 Å². The first-order valence-electron chi connectivity index (χ1n) is 11.0. The molecule has 0 aliphatic carbocycles. The van der Waals surface area contributed by atoms with Crippen LogP contribution in [-0.4, -0.2) is 29.7 Å². The molecule has 6 nitrogen and oxygen atoms in total. The van der Waals surface area contributed by atoms with Crippen molar-refractivity contribution in [2.45, 2.75) is 13.3 Å². The van der Waals surface area contributed by atoms with Crippen LogP contribution in [0.5, 0.6) is 17.2 Å². The minimum Gasteiger partial charge on any atom is -0.493 e. The molecule has 2 heterocycles. The lowest BCUT2D eigenvalue weighted by Crippen LogP contribution is -2.22. The van der Waals surface area contributed by atoms with Crippen molar-refractivity contribution in [3.8, 4) is 17.2 Å². The van der Waals surface area contributed by atoms with Crippen LogP contribution in [0.2, 0.25) is 0 Å². The molecule has 172 valence electrons. The number of para-hydroxylation sites is 3. The highest BCUT2D eigenvalue weighted by Gasteiger charge is 2.11. The van der Waals surface area contributed by atoms with Gasteiger partial charge in [0.2, 0.25) is 0 Å². The van der Waals surface area contributed by atoms with Crippen LogP contribution in [0.15, 0.2) is 71.5 Å². The zero-order chi connectivity index (χ0) is 23.5. The molecule has 34 heavy (non-hydrogen) atoms. The van der Waals surface area contributed by atoms with E-state index < -0.39 is 0 Å². The molecule has 5 rings (SSSR count). The van der Waals surface area contributed by atoms with Crippen molar-refractivity contribution < 1.29 is 14.2 Å². The van der Waals surface area contributed by atoms with Gasteiger partial charge in [-0.05, 0) is 54.5 Å². The minimum atomic E-state index is -0.0679. The second-order valence-corrected chi connectivity index (χ2v) is 8.87. The van der Waals surface area contributed by atoms with Gasteiger partial charge in [0.05, 0.1) is 35.9 Å². The van der Waals surface area contributed by atoms with E-state index in [0.717, 1.165) is 34.3 Å². The van der Waals surface area contributed by atoms with Gasteiger partial charge in [-0.15, -0.1) is 0 Å². The number of methoxy groups -OCH3 is 1. The van der Waals surface area contributed by atoms with Gasteiger partial charge in [0.15, 0.2) is 16.5 Å². The number of hydrogen-bond acceptors (Lipinski definition) is 6. The molecule has 0 unspecified atom stereocenters. The molecule has 0 N–H and O–H groups in total. The Morgan fingerprint density at radius 1 is 0.941 bits per heavy atom. The number of aromatic nitrogens is 2. The first kappa shape index (κ1) is 22.0. The molecule has 3 aromatic carbocycles. The average Bonchev–Trinajstić information content (AvgIpc) is 3.36. The lowest BCUT2D eigenvalue weighted by Gasteiger charge is -2.12. The number of hydrogen-bond donors (Lipinski definition) is 0. The van der Waals surface area contributed by atoms with E-state index in [2.05, 4.69) is 4.98 Å². The summed E-state index contributed by atoms with van der Waals surface area (Å²) in [7, 11) is 1.61. The summed E-state index contributed by atoms with van der Waals surface area (Å²) < 4.78 is 19.6. The fourth-order valence-corrected chi connectivity index (χ4v) is 4.78. The molecule has 0 amide bonds. The van der Waals surface area contributed by atoms with E-state index in [9.17, 15) is 4.79 Å². The predicted molar refractivity (Wildman–Crippen MR) is 135 cm³/mol. The van der Waals surface area contributed by atoms with E-state index in [1.807, 2.05) is 79.7 Å². The Bertz CT molecular complexity index is 1570. The zero-order valence-corrected chi connectivity index (χ0v) is 19.8. The van der Waals surface area contributed by atoms with Gasteiger partial charge in [0, 0.05) is 6.42 Å². The Kier molecular flexibility index (Phi) is 6.18. The molecule has 0 aliphatic heterocycles. The van der Waals surface area contributed by atoms with Crippen LogP contribution < -0.4 is 24.3 Å². The number of aryl methyl sites for hydroxylation is 1. The second-order valence-electron chi connectivity index (χ2n) is 7.86. The molecule has 5 aromatic rings. The highest BCUT2D eigenvalue weighted by molar-refractivity contribution is 7.15. The van der Waals surface area contributed by atoms with Gasteiger partial charge >= 0.3 is 0 Å². The molecular weight excluding hydrogens is 448 g/mol. The van der Waals surface area contributed by atoms with Crippen molar-refractivity contribution in [3.63, 3.8) is 0 Å². The Labute approximate surface area is 200 Å². The SMILES string of the molecule is COc1cc(/C=c2\sc3nc4ccccc4n3c2=O)ccc1OCCCOc1ccccc1C. The maximum atomic E-state index is 13.0. The van der Waals surface area contributed by atoms with Crippen LogP contribution in [0.1, 0.15) is 17.5 Å². The summed E-state index contributed by atoms with van der Waals surface area (Å²) >= 11 is 1.38. The number of nitrogens with zero attached hydrogens (tertiary/aromatic N) is 2. The number of rotatable bonds is 8. The Morgan fingerprint density at radius 3 is 2.53 bits per heavy atom. The lowest BCUT2D eigenvalue weighted by molar-refractivity contribution is 0.239. The number of imidazole rings is 1. The molecule has 7 heteroatoms. The van der Waals surface area contributed by atoms with Crippen molar-refractivity contribution in [1.29, 1.82) is 0 Å². The van der Waals surface area contributed by atoms with E-state index in [-0.39, 0.29) is 5.56 Å². The standard InChI is InChI=1S/C27H24N2O4S/c1-18-8-3-6-11-22(18)32-14-7-15-33-23-13-12-19(16-24(23)31-2)17-25-26(30)29-21-10-5-4-9-20(21)28-27(29)34-25/h3-6,8-13,16-17H,7,14-15H2,1-2H3/b25-17-. The summed E-state index contributed by atoms with van der Waals surface area (Å²) in [6.45, 7) is 3.10. The van der Waals surface area contributed by atoms with E-state index in [0.29, 0.717) is 34.2 Å². The third kappa shape index (κ3) is 4.34. The molecule has 2 aromatic heterocycles. The summed E-state index contributed by atoms with van der Waals surface area (Å²) in [6.07, 6.45) is 2.60. The minimum absolute atomic E-state index is 0.0679. The van der Waals surface area contributed by atoms with Crippen molar-refractivity contribution in [1.82, 2.24) is 9.38 Å².